The van der Waals surface area contributed by atoms with Crippen molar-refractivity contribution in [3.05, 3.63) is 138 Å². The van der Waals surface area contributed by atoms with E-state index in [1.807, 2.05) is 84.9 Å². The van der Waals surface area contributed by atoms with Crippen molar-refractivity contribution in [1.82, 2.24) is 0 Å². The summed E-state index contributed by atoms with van der Waals surface area (Å²) >= 11 is 0. The standard InChI is InChI=1S/C27H22NO/c29-26(20-21-12-4-1-5-13-21)28-25-19-11-10-18-24(25)27(22-14-6-2-7-15-22)23-16-8-3-9-17-23/h1-17,19,27H,20H2,(H,28,29). The first kappa shape index (κ1) is 18.7. The molecular weight excluding hydrogens is 354 g/mol. The lowest BCUT2D eigenvalue weighted by Crippen LogP contribution is -2.17. The van der Waals surface area contributed by atoms with E-state index in [1.165, 1.54) is 11.1 Å². The molecule has 141 valence electrons. The monoisotopic (exact) mass is 376 g/mol. The van der Waals surface area contributed by atoms with E-state index in [0.29, 0.717) is 6.42 Å². The normalized spacial score (nSPS) is 10.7. The molecule has 1 N–H and O–H groups in total. The van der Waals surface area contributed by atoms with Crippen LogP contribution in [-0.2, 0) is 11.2 Å². The molecule has 1 radical (unpaired) electrons. The van der Waals surface area contributed by atoms with Crippen LogP contribution in [0.1, 0.15) is 28.2 Å². The fraction of sp³-hybridized carbons (Fsp3) is 0.0741. The Balaban J connectivity index is 1.68. The van der Waals surface area contributed by atoms with Gasteiger partial charge >= 0.3 is 0 Å². The summed E-state index contributed by atoms with van der Waals surface area (Å²) in [4.78, 5) is 12.7. The zero-order valence-corrected chi connectivity index (χ0v) is 16.1. The number of carbonyl (C=O) groups is 1. The fourth-order valence-electron chi connectivity index (χ4n) is 3.59. The van der Waals surface area contributed by atoms with Gasteiger partial charge in [-0.2, -0.15) is 0 Å². The summed E-state index contributed by atoms with van der Waals surface area (Å²) in [6, 6.07) is 39.6. The third-order valence-corrected chi connectivity index (χ3v) is 4.92. The average molecular weight is 376 g/mol. The largest absolute Gasteiger partial charge is 0.325 e. The molecule has 0 atom stereocenters. The van der Waals surface area contributed by atoms with Crippen molar-refractivity contribution >= 4 is 11.6 Å². The Labute approximate surface area is 171 Å². The minimum absolute atomic E-state index is 0.00868. The lowest BCUT2D eigenvalue weighted by Gasteiger charge is -2.22. The molecule has 4 rings (SSSR count). The van der Waals surface area contributed by atoms with Crippen LogP contribution < -0.4 is 5.32 Å². The zero-order chi connectivity index (χ0) is 19.9. The predicted molar refractivity (Wildman–Crippen MR) is 118 cm³/mol. The van der Waals surface area contributed by atoms with Gasteiger partial charge in [0, 0.05) is 11.6 Å². The van der Waals surface area contributed by atoms with E-state index in [4.69, 9.17) is 0 Å². The second-order valence-electron chi connectivity index (χ2n) is 6.96. The van der Waals surface area contributed by atoms with Crippen LogP contribution in [0.5, 0.6) is 0 Å². The van der Waals surface area contributed by atoms with Crippen molar-refractivity contribution in [3.63, 3.8) is 0 Å². The number of anilines is 1. The molecule has 0 fully saturated rings. The Hall–Kier alpha value is -3.65. The Kier molecular flexibility index (Phi) is 5.82. The first-order valence-corrected chi connectivity index (χ1v) is 9.75. The maximum atomic E-state index is 12.7. The highest BCUT2D eigenvalue weighted by Crippen LogP contribution is 2.35. The van der Waals surface area contributed by atoms with Crippen LogP contribution in [0, 0.1) is 6.07 Å². The van der Waals surface area contributed by atoms with Gasteiger partial charge in [0.25, 0.3) is 0 Å². The van der Waals surface area contributed by atoms with Crippen molar-refractivity contribution in [1.29, 1.82) is 0 Å². The maximum absolute atomic E-state index is 12.7. The molecule has 1 amide bonds. The Morgan fingerprint density at radius 1 is 0.724 bits per heavy atom. The molecule has 0 aliphatic carbocycles. The summed E-state index contributed by atoms with van der Waals surface area (Å²) in [5.41, 5.74) is 5.09. The molecule has 4 aromatic carbocycles. The summed E-state index contributed by atoms with van der Waals surface area (Å²) < 4.78 is 0. The molecule has 2 heteroatoms. The fourth-order valence-corrected chi connectivity index (χ4v) is 3.59. The molecule has 29 heavy (non-hydrogen) atoms. The third-order valence-electron chi connectivity index (χ3n) is 4.92. The van der Waals surface area contributed by atoms with E-state index in [1.54, 1.807) is 0 Å². The summed E-state index contributed by atoms with van der Waals surface area (Å²) in [5.74, 6) is -0.0393. The molecule has 0 bridgehead atoms. The number of carbonyl (C=O) groups excluding carboxylic acids is 1. The smallest absolute Gasteiger partial charge is 0.228 e. The van der Waals surface area contributed by atoms with Crippen molar-refractivity contribution in [2.24, 2.45) is 0 Å². The number of hydrogen-bond donors (Lipinski definition) is 1. The molecule has 0 aliphatic rings. The second kappa shape index (κ2) is 9.03. The highest BCUT2D eigenvalue weighted by molar-refractivity contribution is 5.93. The van der Waals surface area contributed by atoms with Crippen molar-refractivity contribution in [3.8, 4) is 0 Å². The van der Waals surface area contributed by atoms with Crippen LogP contribution in [0.15, 0.2) is 109 Å². The highest BCUT2D eigenvalue weighted by atomic mass is 16.1. The maximum Gasteiger partial charge on any atom is 0.228 e. The van der Waals surface area contributed by atoms with Crippen LogP contribution in [0.3, 0.4) is 0 Å². The average Bonchev–Trinajstić information content (AvgIpc) is 2.77. The number of hydrogen-bond acceptors (Lipinski definition) is 1. The van der Waals surface area contributed by atoms with Crippen LogP contribution in [0.25, 0.3) is 0 Å². The first-order chi connectivity index (χ1) is 14.3. The van der Waals surface area contributed by atoms with E-state index in [-0.39, 0.29) is 11.8 Å². The molecule has 0 unspecified atom stereocenters. The quantitative estimate of drug-likeness (QED) is 0.420. The van der Waals surface area contributed by atoms with Crippen LogP contribution in [0.2, 0.25) is 0 Å². The van der Waals surface area contributed by atoms with E-state index < -0.39 is 0 Å². The number of benzene rings is 4. The molecule has 0 heterocycles. The summed E-state index contributed by atoms with van der Waals surface area (Å²) in [7, 11) is 0. The SMILES string of the molecule is O=C(Cc1ccccc1)Nc1ccc[c]c1C(c1ccccc1)c1ccccc1. The molecule has 2 nitrogen and oxygen atoms in total. The summed E-state index contributed by atoms with van der Waals surface area (Å²) in [6.07, 6.45) is 0.344. The van der Waals surface area contributed by atoms with Gasteiger partial charge in [0.15, 0.2) is 0 Å². The van der Waals surface area contributed by atoms with Crippen LogP contribution in [0.4, 0.5) is 5.69 Å². The zero-order valence-electron chi connectivity index (χ0n) is 16.1. The summed E-state index contributed by atoms with van der Waals surface area (Å²) in [5, 5.41) is 3.11. The highest BCUT2D eigenvalue weighted by Gasteiger charge is 2.20. The lowest BCUT2D eigenvalue weighted by atomic mass is 9.84. The van der Waals surface area contributed by atoms with Gasteiger partial charge in [-0.05, 0) is 34.4 Å². The number of amides is 1. The Morgan fingerprint density at radius 2 is 1.28 bits per heavy atom. The van der Waals surface area contributed by atoms with Gasteiger partial charge in [0.05, 0.1) is 6.42 Å². The van der Waals surface area contributed by atoms with Gasteiger partial charge in [-0.3, -0.25) is 4.79 Å². The second-order valence-corrected chi connectivity index (χ2v) is 6.96. The molecular formula is C27H22NO. The topological polar surface area (TPSA) is 29.1 Å². The predicted octanol–water partition coefficient (Wildman–Crippen LogP) is 5.85. The van der Waals surface area contributed by atoms with E-state index >= 15 is 0 Å². The third kappa shape index (κ3) is 4.61. The summed E-state index contributed by atoms with van der Waals surface area (Å²) in [6.45, 7) is 0. The van der Waals surface area contributed by atoms with Crippen molar-refractivity contribution < 1.29 is 4.79 Å². The van der Waals surface area contributed by atoms with Crippen molar-refractivity contribution in [2.45, 2.75) is 12.3 Å². The molecule has 0 spiro atoms. The van der Waals surface area contributed by atoms with E-state index in [2.05, 4.69) is 35.6 Å². The molecule has 0 saturated carbocycles. The van der Waals surface area contributed by atoms with Gasteiger partial charge in [0.1, 0.15) is 0 Å². The molecule has 0 aromatic heterocycles. The molecule has 0 aliphatic heterocycles. The first-order valence-electron chi connectivity index (χ1n) is 9.75. The number of rotatable bonds is 6. The van der Waals surface area contributed by atoms with E-state index in [0.717, 1.165) is 16.8 Å². The van der Waals surface area contributed by atoms with Gasteiger partial charge in [-0.1, -0.05) is 103 Å². The minimum atomic E-state index is -0.0306. The van der Waals surface area contributed by atoms with Crippen LogP contribution in [-0.4, -0.2) is 5.91 Å². The Bertz CT molecular complexity index is 1020. The minimum Gasteiger partial charge on any atom is -0.325 e. The van der Waals surface area contributed by atoms with Gasteiger partial charge in [-0.25, -0.2) is 0 Å². The van der Waals surface area contributed by atoms with Gasteiger partial charge in [-0.15, -0.1) is 0 Å². The lowest BCUT2D eigenvalue weighted by molar-refractivity contribution is -0.115. The van der Waals surface area contributed by atoms with Gasteiger partial charge < -0.3 is 5.32 Å². The Morgan fingerprint density at radius 3 is 1.86 bits per heavy atom. The van der Waals surface area contributed by atoms with Gasteiger partial charge in [0.2, 0.25) is 5.91 Å². The van der Waals surface area contributed by atoms with Crippen molar-refractivity contribution in [2.75, 3.05) is 5.32 Å². The van der Waals surface area contributed by atoms with E-state index in [9.17, 15) is 4.79 Å². The molecule has 4 aromatic rings. The molecule has 0 saturated heterocycles. The number of nitrogens with one attached hydrogen (secondary N) is 1. The van der Waals surface area contributed by atoms with Crippen LogP contribution >= 0.6 is 0 Å².